The number of rotatable bonds is 1. The average molecular weight is 236 g/mol. The predicted octanol–water partition coefficient (Wildman–Crippen LogP) is 4.76. The molecule has 1 rings (SSSR count). The lowest BCUT2D eigenvalue weighted by molar-refractivity contribution is -0.138. The molecule has 0 radical (unpaired) electrons. The molecule has 0 aliphatic rings. The van der Waals surface area contributed by atoms with Crippen LogP contribution in [0.3, 0.4) is 0 Å². The first-order chi connectivity index (χ1) is 6.95. The van der Waals surface area contributed by atoms with E-state index in [9.17, 15) is 13.2 Å². The Morgan fingerprint density at radius 3 is 2.07 bits per heavy atom. The Labute approximate surface area is 92.9 Å². The maximum atomic E-state index is 12.4. The molecule has 0 spiro atoms. The van der Waals surface area contributed by atoms with Gasteiger partial charge in [-0.25, -0.2) is 0 Å². The van der Waals surface area contributed by atoms with Gasteiger partial charge in [0.05, 0.1) is 5.56 Å². The molecule has 1 aromatic rings. The van der Waals surface area contributed by atoms with E-state index in [1.165, 1.54) is 30.8 Å². The standard InChI is InChI=1S/C9H9F3S.C2H6/c1-6-3-4-7(13-2)5-8(6)9(10,11)12;1-2/h3-5H,1-2H3;1-2H3. The van der Waals surface area contributed by atoms with Crippen LogP contribution in [-0.4, -0.2) is 6.26 Å². The summed E-state index contributed by atoms with van der Waals surface area (Å²) in [5.41, 5.74) is -0.273. The Kier molecular flexibility index (Phi) is 5.80. The maximum Gasteiger partial charge on any atom is 0.416 e. The van der Waals surface area contributed by atoms with E-state index in [0.717, 1.165) is 0 Å². The Morgan fingerprint density at radius 2 is 1.67 bits per heavy atom. The van der Waals surface area contributed by atoms with E-state index in [4.69, 9.17) is 0 Å². The lowest BCUT2D eigenvalue weighted by atomic mass is 10.1. The lowest BCUT2D eigenvalue weighted by Crippen LogP contribution is -2.07. The van der Waals surface area contributed by atoms with Crippen molar-refractivity contribution >= 4 is 11.8 Å². The minimum Gasteiger partial charge on any atom is -0.166 e. The number of benzene rings is 1. The van der Waals surface area contributed by atoms with Crippen molar-refractivity contribution in [3.8, 4) is 0 Å². The summed E-state index contributed by atoms with van der Waals surface area (Å²) in [5.74, 6) is 0. The minimum absolute atomic E-state index is 0.269. The summed E-state index contributed by atoms with van der Waals surface area (Å²) in [4.78, 5) is 0.637. The second kappa shape index (κ2) is 6.05. The molecule has 0 bridgehead atoms. The molecule has 0 aliphatic heterocycles. The fraction of sp³-hybridized carbons (Fsp3) is 0.455. The van der Waals surface area contributed by atoms with Gasteiger partial charge in [-0.15, -0.1) is 11.8 Å². The van der Waals surface area contributed by atoms with Crippen molar-refractivity contribution in [1.29, 1.82) is 0 Å². The average Bonchev–Trinajstić information content (AvgIpc) is 2.20. The SMILES string of the molecule is CC.CSc1ccc(C)c(C(F)(F)F)c1. The molecular weight excluding hydrogens is 221 g/mol. The van der Waals surface area contributed by atoms with Gasteiger partial charge < -0.3 is 0 Å². The highest BCUT2D eigenvalue weighted by atomic mass is 32.2. The minimum atomic E-state index is -4.24. The molecule has 0 saturated carbocycles. The number of hydrogen-bond acceptors (Lipinski definition) is 1. The van der Waals surface area contributed by atoms with Crippen LogP contribution < -0.4 is 0 Å². The quantitative estimate of drug-likeness (QED) is 0.633. The molecule has 0 unspecified atom stereocenters. The van der Waals surface area contributed by atoms with Gasteiger partial charge in [-0.1, -0.05) is 19.9 Å². The Hall–Kier alpha value is -0.640. The predicted molar refractivity (Wildman–Crippen MR) is 59.3 cm³/mol. The van der Waals surface area contributed by atoms with E-state index in [-0.39, 0.29) is 5.56 Å². The third-order valence-electron chi connectivity index (χ3n) is 1.75. The summed E-state index contributed by atoms with van der Waals surface area (Å²) >= 11 is 1.31. The fourth-order valence-electron chi connectivity index (χ4n) is 1.03. The van der Waals surface area contributed by atoms with Crippen LogP contribution >= 0.6 is 11.8 Å². The fourth-order valence-corrected chi connectivity index (χ4v) is 1.47. The molecule has 0 atom stereocenters. The van der Waals surface area contributed by atoms with Crippen LogP contribution in [0.5, 0.6) is 0 Å². The van der Waals surface area contributed by atoms with E-state index >= 15 is 0 Å². The molecule has 0 saturated heterocycles. The molecule has 0 aromatic heterocycles. The summed E-state index contributed by atoms with van der Waals surface area (Å²) in [6.07, 6.45) is -2.49. The van der Waals surface area contributed by atoms with Crippen molar-refractivity contribution in [2.24, 2.45) is 0 Å². The van der Waals surface area contributed by atoms with Gasteiger partial charge in [-0.05, 0) is 30.9 Å². The first-order valence-corrected chi connectivity index (χ1v) is 5.89. The van der Waals surface area contributed by atoms with Gasteiger partial charge in [-0.2, -0.15) is 13.2 Å². The van der Waals surface area contributed by atoms with Gasteiger partial charge in [0.15, 0.2) is 0 Å². The molecule has 0 heterocycles. The van der Waals surface area contributed by atoms with Crippen LogP contribution in [0.15, 0.2) is 23.1 Å². The van der Waals surface area contributed by atoms with Crippen LogP contribution in [0.25, 0.3) is 0 Å². The topological polar surface area (TPSA) is 0 Å². The highest BCUT2D eigenvalue weighted by Gasteiger charge is 2.32. The zero-order chi connectivity index (χ0) is 12.1. The molecule has 0 amide bonds. The van der Waals surface area contributed by atoms with E-state index in [1.54, 1.807) is 12.3 Å². The number of alkyl halides is 3. The first-order valence-electron chi connectivity index (χ1n) is 4.67. The Morgan fingerprint density at radius 1 is 1.13 bits per heavy atom. The summed E-state index contributed by atoms with van der Waals surface area (Å²) < 4.78 is 37.1. The third-order valence-corrected chi connectivity index (χ3v) is 2.48. The second-order valence-corrected chi connectivity index (χ2v) is 3.56. The van der Waals surface area contributed by atoms with Crippen molar-refractivity contribution in [2.45, 2.75) is 31.8 Å². The van der Waals surface area contributed by atoms with Gasteiger partial charge in [0, 0.05) is 4.90 Å². The number of hydrogen-bond donors (Lipinski definition) is 0. The normalized spacial score (nSPS) is 10.6. The Bertz CT molecular complexity index is 305. The monoisotopic (exact) mass is 236 g/mol. The molecule has 4 heteroatoms. The van der Waals surface area contributed by atoms with E-state index in [2.05, 4.69) is 0 Å². The Balaban J connectivity index is 0.000000921. The van der Waals surface area contributed by atoms with Gasteiger partial charge in [0.2, 0.25) is 0 Å². The third kappa shape index (κ3) is 4.16. The zero-order valence-corrected chi connectivity index (χ0v) is 10.1. The van der Waals surface area contributed by atoms with Gasteiger partial charge in [0.1, 0.15) is 0 Å². The van der Waals surface area contributed by atoms with Crippen LogP contribution in [0.1, 0.15) is 25.0 Å². The molecule has 0 nitrogen and oxygen atoms in total. The number of thioether (sulfide) groups is 1. The largest absolute Gasteiger partial charge is 0.416 e. The highest BCUT2D eigenvalue weighted by Crippen LogP contribution is 2.33. The van der Waals surface area contributed by atoms with E-state index in [0.29, 0.717) is 4.90 Å². The van der Waals surface area contributed by atoms with Gasteiger partial charge in [-0.3, -0.25) is 0 Å². The van der Waals surface area contributed by atoms with Crippen molar-refractivity contribution in [3.05, 3.63) is 29.3 Å². The van der Waals surface area contributed by atoms with E-state index < -0.39 is 11.7 Å². The van der Waals surface area contributed by atoms with Crippen molar-refractivity contribution in [2.75, 3.05) is 6.26 Å². The lowest BCUT2D eigenvalue weighted by Gasteiger charge is -2.10. The molecular formula is C11H15F3S. The maximum absolute atomic E-state index is 12.4. The van der Waals surface area contributed by atoms with Crippen molar-refractivity contribution in [1.82, 2.24) is 0 Å². The van der Waals surface area contributed by atoms with Crippen LogP contribution in [-0.2, 0) is 6.18 Å². The molecule has 1 aromatic carbocycles. The van der Waals surface area contributed by atoms with E-state index in [1.807, 2.05) is 13.8 Å². The summed E-state index contributed by atoms with van der Waals surface area (Å²) in [6.45, 7) is 5.47. The van der Waals surface area contributed by atoms with Crippen LogP contribution in [0.2, 0.25) is 0 Å². The molecule has 86 valence electrons. The smallest absolute Gasteiger partial charge is 0.166 e. The molecule has 15 heavy (non-hydrogen) atoms. The zero-order valence-electron chi connectivity index (χ0n) is 9.27. The van der Waals surface area contributed by atoms with Gasteiger partial charge >= 0.3 is 6.18 Å². The second-order valence-electron chi connectivity index (χ2n) is 2.68. The highest BCUT2D eigenvalue weighted by molar-refractivity contribution is 7.98. The number of halogens is 3. The number of aryl methyl sites for hydroxylation is 1. The van der Waals surface area contributed by atoms with Crippen LogP contribution in [0.4, 0.5) is 13.2 Å². The molecule has 0 aliphatic carbocycles. The summed E-state index contributed by atoms with van der Waals surface area (Å²) in [7, 11) is 0. The van der Waals surface area contributed by atoms with Crippen molar-refractivity contribution in [3.63, 3.8) is 0 Å². The first kappa shape index (κ1) is 14.4. The van der Waals surface area contributed by atoms with Gasteiger partial charge in [0.25, 0.3) is 0 Å². The molecule has 0 N–H and O–H groups in total. The molecule has 0 fully saturated rings. The van der Waals surface area contributed by atoms with Crippen molar-refractivity contribution < 1.29 is 13.2 Å². The summed E-state index contributed by atoms with van der Waals surface area (Å²) in [5, 5.41) is 0. The summed E-state index contributed by atoms with van der Waals surface area (Å²) in [6, 6.07) is 4.36. The van der Waals surface area contributed by atoms with Crippen LogP contribution in [0, 0.1) is 6.92 Å².